The first-order chi connectivity index (χ1) is 8.09. The molecule has 5 heteroatoms. The summed E-state index contributed by atoms with van der Waals surface area (Å²) in [6, 6.07) is 11.0. The van der Waals surface area contributed by atoms with Crippen molar-refractivity contribution < 1.29 is 4.79 Å². The zero-order chi connectivity index (χ0) is 12.4. The molecule has 1 amide bonds. The number of aryl methyl sites for hydroxylation is 1. The highest BCUT2D eigenvalue weighted by Crippen LogP contribution is 2.16. The first kappa shape index (κ1) is 11.7. The fourth-order valence-electron chi connectivity index (χ4n) is 1.57. The van der Waals surface area contributed by atoms with Gasteiger partial charge >= 0.3 is 0 Å². The van der Waals surface area contributed by atoms with E-state index in [-0.39, 0.29) is 5.91 Å². The smallest absolute Gasteiger partial charge is 0.276 e. The minimum atomic E-state index is -0.141. The second kappa shape index (κ2) is 4.59. The van der Waals surface area contributed by atoms with Crippen LogP contribution in [0.4, 0.5) is 5.69 Å². The van der Waals surface area contributed by atoms with E-state index in [2.05, 4.69) is 5.10 Å². The molecule has 0 aliphatic heterocycles. The van der Waals surface area contributed by atoms with Gasteiger partial charge in [-0.1, -0.05) is 29.8 Å². The maximum Gasteiger partial charge on any atom is 0.276 e. The van der Waals surface area contributed by atoms with Crippen molar-refractivity contribution in [2.45, 2.75) is 0 Å². The molecule has 2 rings (SSSR count). The zero-order valence-corrected chi connectivity index (χ0v) is 10.3. The predicted molar refractivity (Wildman–Crippen MR) is 67.4 cm³/mol. The lowest BCUT2D eigenvalue weighted by Crippen LogP contribution is -2.28. The third-order valence-corrected chi connectivity index (χ3v) is 2.70. The van der Waals surface area contributed by atoms with Crippen molar-refractivity contribution in [2.75, 3.05) is 11.9 Å². The van der Waals surface area contributed by atoms with E-state index in [4.69, 9.17) is 11.6 Å². The highest BCUT2D eigenvalue weighted by Gasteiger charge is 2.17. The second-order valence-corrected chi connectivity index (χ2v) is 4.06. The largest absolute Gasteiger partial charge is 0.310 e. The molecule has 17 heavy (non-hydrogen) atoms. The van der Waals surface area contributed by atoms with Gasteiger partial charge in [-0.3, -0.25) is 9.48 Å². The third-order valence-electron chi connectivity index (χ3n) is 2.52. The summed E-state index contributed by atoms with van der Waals surface area (Å²) < 4.78 is 1.48. The molecule has 88 valence electrons. The normalized spacial score (nSPS) is 10.3. The van der Waals surface area contributed by atoms with Crippen LogP contribution in [-0.2, 0) is 7.05 Å². The Morgan fingerprint density at radius 3 is 2.53 bits per heavy atom. The number of anilines is 1. The number of amides is 1. The van der Waals surface area contributed by atoms with Crippen LogP contribution in [0.5, 0.6) is 0 Å². The van der Waals surface area contributed by atoms with E-state index in [1.807, 2.05) is 30.3 Å². The van der Waals surface area contributed by atoms with Crippen LogP contribution in [0.15, 0.2) is 36.4 Å². The van der Waals surface area contributed by atoms with Gasteiger partial charge in [0.1, 0.15) is 5.69 Å². The first-order valence-corrected chi connectivity index (χ1v) is 5.50. The fourth-order valence-corrected chi connectivity index (χ4v) is 1.79. The molecule has 0 radical (unpaired) electrons. The first-order valence-electron chi connectivity index (χ1n) is 5.12. The number of carbonyl (C=O) groups excluding carboxylic acids is 1. The van der Waals surface area contributed by atoms with Crippen molar-refractivity contribution in [2.24, 2.45) is 7.05 Å². The van der Waals surface area contributed by atoms with Crippen molar-refractivity contribution in [3.63, 3.8) is 0 Å². The zero-order valence-electron chi connectivity index (χ0n) is 9.59. The number of halogens is 1. The predicted octanol–water partition coefficient (Wildman–Crippen LogP) is 2.35. The molecular weight excluding hydrogens is 238 g/mol. The number of para-hydroxylation sites is 1. The molecule has 0 aliphatic rings. The van der Waals surface area contributed by atoms with Crippen molar-refractivity contribution in [1.29, 1.82) is 0 Å². The van der Waals surface area contributed by atoms with E-state index in [1.54, 1.807) is 25.1 Å². The Labute approximate surface area is 104 Å². The van der Waals surface area contributed by atoms with Crippen LogP contribution in [-0.4, -0.2) is 22.7 Å². The molecule has 0 aliphatic carbocycles. The molecule has 0 bridgehead atoms. The lowest BCUT2D eigenvalue weighted by molar-refractivity contribution is 0.0984. The molecule has 0 atom stereocenters. The molecule has 0 spiro atoms. The average Bonchev–Trinajstić information content (AvgIpc) is 2.68. The topological polar surface area (TPSA) is 38.1 Å². The lowest BCUT2D eigenvalue weighted by Gasteiger charge is -2.16. The summed E-state index contributed by atoms with van der Waals surface area (Å²) >= 11 is 5.76. The number of rotatable bonds is 2. The van der Waals surface area contributed by atoms with Crippen LogP contribution in [0.1, 0.15) is 10.5 Å². The molecule has 0 unspecified atom stereocenters. The van der Waals surface area contributed by atoms with Crippen LogP contribution < -0.4 is 4.90 Å². The summed E-state index contributed by atoms with van der Waals surface area (Å²) in [5, 5.41) is 4.26. The summed E-state index contributed by atoms with van der Waals surface area (Å²) in [5.74, 6) is -0.141. The van der Waals surface area contributed by atoms with Gasteiger partial charge in [0.05, 0.1) is 0 Å². The molecule has 0 saturated heterocycles. The van der Waals surface area contributed by atoms with Gasteiger partial charge in [-0.2, -0.15) is 5.10 Å². The van der Waals surface area contributed by atoms with Gasteiger partial charge in [0.25, 0.3) is 5.91 Å². The minimum Gasteiger partial charge on any atom is -0.310 e. The Hall–Kier alpha value is -1.81. The lowest BCUT2D eigenvalue weighted by atomic mass is 10.3. The van der Waals surface area contributed by atoms with E-state index in [9.17, 15) is 4.79 Å². The van der Waals surface area contributed by atoms with Crippen LogP contribution >= 0.6 is 11.6 Å². The number of aromatic nitrogens is 2. The number of hydrogen-bond acceptors (Lipinski definition) is 2. The third kappa shape index (κ3) is 2.31. The SMILES string of the molecule is CN(C(=O)c1cc(Cl)nn1C)c1ccccc1. The number of nitrogens with zero attached hydrogens (tertiary/aromatic N) is 3. The molecule has 2 aromatic rings. The van der Waals surface area contributed by atoms with E-state index in [0.717, 1.165) is 5.69 Å². The average molecular weight is 250 g/mol. The molecule has 1 heterocycles. The van der Waals surface area contributed by atoms with Gasteiger partial charge in [-0.25, -0.2) is 0 Å². The van der Waals surface area contributed by atoms with Crippen molar-refractivity contribution in [1.82, 2.24) is 9.78 Å². The number of benzene rings is 1. The molecule has 1 aromatic heterocycles. The van der Waals surface area contributed by atoms with E-state index < -0.39 is 0 Å². The van der Waals surface area contributed by atoms with Gasteiger partial charge in [-0.15, -0.1) is 0 Å². The van der Waals surface area contributed by atoms with Crippen LogP contribution in [0.2, 0.25) is 5.15 Å². The van der Waals surface area contributed by atoms with Gasteiger partial charge in [0, 0.05) is 25.8 Å². The minimum absolute atomic E-state index is 0.141. The maximum atomic E-state index is 12.2. The summed E-state index contributed by atoms with van der Waals surface area (Å²) in [7, 11) is 3.41. The Balaban J connectivity index is 2.30. The summed E-state index contributed by atoms with van der Waals surface area (Å²) in [4.78, 5) is 13.7. The fraction of sp³-hybridized carbons (Fsp3) is 0.167. The Morgan fingerprint density at radius 1 is 1.35 bits per heavy atom. The van der Waals surface area contributed by atoms with Crippen LogP contribution in [0, 0.1) is 0 Å². The Kier molecular flexibility index (Phi) is 3.15. The van der Waals surface area contributed by atoms with Gasteiger partial charge in [-0.05, 0) is 12.1 Å². The van der Waals surface area contributed by atoms with Crippen molar-refractivity contribution in [3.8, 4) is 0 Å². The number of hydrogen-bond donors (Lipinski definition) is 0. The highest BCUT2D eigenvalue weighted by atomic mass is 35.5. The van der Waals surface area contributed by atoms with Gasteiger partial charge in [0.15, 0.2) is 5.15 Å². The number of carbonyl (C=O) groups is 1. The van der Waals surface area contributed by atoms with E-state index in [1.165, 1.54) is 4.68 Å². The standard InChI is InChI=1S/C12H12ClN3O/c1-15(9-6-4-3-5-7-9)12(17)10-8-11(13)14-16(10)2/h3-8H,1-2H3. The molecule has 0 fully saturated rings. The van der Waals surface area contributed by atoms with E-state index >= 15 is 0 Å². The van der Waals surface area contributed by atoms with Gasteiger partial charge in [0.2, 0.25) is 0 Å². The van der Waals surface area contributed by atoms with E-state index in [0.29, 0.717) is 10.8 Å². The molecule has 0 saturated carbocycles. The summed E-state index contributed by atoms with van der Waals surface area (Å²) in [5.41, 5.74) is 1.29. The quantitative estimate of drug-likeness (QED) is 0.820. The van der Waals surface area contributed by atoms with Crippen LogP contribution in [0.3, 0.4) is 0 Å². The summed E-state index contributed by atoms with van der Waals surface area (Å²) in [6.45, 7) is 0. The second-order valence-electron chi connectivity index (χ2n) is 3.68. The molecule has 4 nitrogen and oxygen atoms in total. The van der Waals surface area contributed by atoms with Crippen molar-refractivity contribution >= 4 is 23.2 Å². The van der Waals surface area contributed by atoms with Crippen LogP contribution in [0.25, 0.3) is 0 Å². The van der Waals surface area contributed by atoms with Gasteiger partial charge < -0.3 is 4.90 Å². The molecule has 0 N–H and O–H groups in total. The van der Waals surface area contributed by atoms with Crippen molar-refractivity contribution in [3.05, 3.63) is 47.2 Å². The molecule has 1 aromatic carbocycles. The Morgan fingerprint density at radius 2 is 2.00 bits per heavy atom. The Bertz CT molecular complexity index is 536. The maximum absolute atomic E-state index is 12.2. The summed E-state index contributed by atoms with van der Waals surface area (Å²) in [6.07, 6.45) is 0. The highest BCUT2D eigenvalue weighted by molar-refractivity contribution is 6.29. The monoisotopic (exact) mass is 249 g/mol. The molecular formula is C12H12ClN3O.